The Morgan fingerprint density at radius 1 is 1.00 bits per heavy atom. The Hall–Kier alpha value is -3.27. The van der Waals surface area contributed by atoms with Crippen LogP contribution >= 0.6 is 15.9 Å². The lowest BCUT2D eigenvalue weighted by Gasteiger charge is -2.18. The third-order valence-corrected chi connectivity index (χ3v) is 5.64. The van der Waals surface area contributed by atoms with Crippen molar-refractivity contribution in [3.63, 3.8) is 0 Å². The van der Waals surface area contributed by atoms with E-state index in [1.54, 1.807) is 0 Å². The van der Waals surface area contributed by atoms with Crippen LogP contribution < -0.4 is 10.6 Å². The molecule has 10 heteroatoms. The van der Waals surface area contributed by atoms with Gasteiger partial charge in [-0.05, 0) is 54.1 Å². The molecule has 1 atom stereocenters. The molecular formula is C22H12BrF5N2O2. The van der Waals surface area contributed by atoms with Gasteiger partial charge in [-0.25, -0.2) is 8.78 Å². The highest BCUT2D eigenvalue weighted by Gasteiger charge is 2.35. The van der Waals surface area contributed by atoms with Crippen molar-refractivity contribution in [1.29, 1.82) is 0 Å². The monoisotopic (exact) mass is 510 g/mol. The average Bonchev–Trinajstić information content (AvgIpc) is 3.06. The van der Waals surface area contributed by atoms with Gasteiger partial charge in [-0.3, -0.25) is 9.59 Å². The quantitative estimate of drug-likeness (QED) is 0.435. The number of hydrogen-bond donors (Lipinski definition) is 2. The topological polar surface area (TPSA) is 58.2 Å². The van der Waals surface area contributed by atoms with Crippen molar-refractivity contribution in [3.8, 4) is 0 Å². The van der Waals surface area contributed by atoms with E-state index in [0.29, 0.717) is 27.7 Å². The van der Waals surface area contributed by atoms with E-state index in [2.05, 4.69) is 26.6 Å². The molecule has 0 spiro atoms. The molecule has 164 valence electrons. The third kappa shape index (κ3) is 4.10. The number of hydrogen-bond acceptors (Lipinski definition) is 2. The van der Waals surface area contributed by atoms with E-state index < -0.39 is 46.8 Å². The number of alkyl halides is 3. The SMILES string of the molecule is O=C(Nc1cccc2c1C(c1cc(F)ccc1Br)NC2=O)c1cc(F)cc(C(F)(F)F)c1. The number of carbonyl (C=O) groups excluding carboxylic acids is 2. The second-order valence-corrected chi connectivity index (χ2v) is 7.87. The van der Waals surface area contributed by atoms with Crippen molar-refractivity contribution < 1.29 is 31.5 Å². The number of amides is 2. The molecule has 0 saturated heterocycles. The van der Waals surface area contributed by atoms with E-state index >= 15 is 0 Å². The maximum Gasteiger partial charge on any atom is 0.416 e. The van der Waals surface area contributed by atoms with Gasteiger partial charge in [-0.2, -0.15) is 13.2 Å². The Morgan fingerprint density at radius 3 is 2.47 bits per heavy atom. The van der Waals surface area contributed by atoms with E-state index in [1.807, 2.05) is 0 Å². The summed E-state index contributed by atoms with van der Waals surface area (Å²) >= 11 is 3.31. The van der Waals surface area contributed by atoms with Gasteiger partial charge < -0.3 is 10.6 Å². The molecule has 1 heterocycles. The zero-order chi connectivity index (χ0) is 23.2. The minimum Gasteiger partial charge on any atom is -0.341 e. The van der Waals surface area contributed by atoms with Crippen molar-refractivity contribution in [2.75, 3.05) is 5.32 Å². The second kappa shape index (κ2) is 8.01. The van der Waals surface area contributed by atoms with Crippen molar-refractivity contribution in [3.05, 3.63) is 98.5 Å². The van der Waals surface area contributed by atoms with Crippen LogP contribution in [-0.2, 0) is 6.18 Å². The molecule has 4 nitrogen and oxygen atoms in total. The van der Waals surface area contributed by atoms with Crippen molar-refractivity contribution in [2.45, 2.75) is 12.2 Å². The van der Waals surface area contributed by atoms with Crippen LogP contribution in [0.5, 0.6) is 0 Å². The number of carbonyl (C=O) groups is 2. The van der Waals surface area contributed by atoms with Crippen LogP contribution in [-0.4, -0.2) is 11.8 Å². The van der Waals surface area contributed by atoms with E-state index in [-0.39, 0.29) is 17.3 Å². The third-order valence-electron chi connectivity index (χ3n) is 4.92. The summed E-state index contributed by atoms with van der Waals surface area (Å²) in [6.45, 7) is 0. The number of rotatable bonds is 3. The van der Waals surface area contributed by atoms with Crippen LogP contribution in [0.25, 0.3) is 0 Å². The molecule has 2 N–H and O–H groups in total. The summed E-state index contributed by atoms with van der Waals surface area (Å²) in [4.78, 5) is 25.1. The molecule has 3 aromatic carbocycles. The lowest BCUT2D eigenvalue weighted by Crippen LogP contribution is -2.21. The van der Waals surface area contributed by atoms with Crippen molar-refractivity contribution >= 4 is 33.4 Å². The molecule has 0 bridgehead atoms. The summed E-state index contributed by atoms with van der Waals surface area (Å²) in [5, 5.41) is 5.14. The molecule has 0 aliphatic carbocycles. The molecule has 3 aromatic rings. The van der Waals surface area contributed by atoms with Gasteiger partial charge in [0.25, 0.3) is 11.8 Å². The van der Waals surface area contributed by atoms with E-state index in [9.17, 15) is 31.5 Å². The zero-order valence-corrected chi connectivity index (χ0v) is 17.4. The first-order valence-electron chi connectivity index (χ1n) is 9.12. The Labute approximate surface area is 186 Å². The number of fused-ring (bicyclic) bond motifs is 1. The second-order valence-electron chi connectivity index (χ2n) is 7.02. The van der Waals surface area contributed by atoms with E-state index in [0.717, 1.165) is 0 Å². The molecule has 0 saturated carbocycles. The van der Waals surface area contributed by atoms with Gasteiger partial charge in [0.15, 0.2) is 0 Å². The first-order valence-corrected chi connectivity index (χ1v) is 9.92. The summed E-state index contributed by atoms with van der Waals surface area (Å²) in [5.41, 5.74) is -0.840. The molecule has 1 aliphatic rings. The van der Waals surface area contributed by atoms with Crippen LogP contribution in [0.4, 0.5) is 27.6 Å². The number of anilines is 1. The Morgan fingerprint density at radius 2 is 1.75 bits per heavy atom. The van der Waals surface area contributed by atoms with Crippen LogP contribution in [0.1, 0.15) is 43.4 Å². The Balaban J connectivity index is 1.75. The van der Waals surface area contributed by atoms with E-state index in [1.165, 1.54) is 36.4 Å². The molecular weight excluding hydrogens is 499 g/mol. The molecule has 0 radical (unpaired) electrons. The molecule has 1 unspecified atom stereocenters. The van der Waals surface area contributed by atoms with Crippen molar-refractivity contribution in [2.24, 2.45) is 0 Å². The average molecular weight is 511 g/mol. The Kier molecular flexibility index (Phi) is 5.49. The minimum atomic E-state index is -4.84. The van der Waals surface area contributed by atoms with Crippen LogP contribution in [0.15, 0.2) is 59.1 Å². The van der Waals surface area contributed by atoms with Gasteiger partial charge in [0.05, 0.1) is 11.6 Å². The lowest BCUT2D eigenvalue weighted by atomic mass is 9.96. The fraction of sp³-hybridized carbons (Fsp3) is 0.0909. The molecule has 4 rings (SSSR count). The molecule has 32 heavy (non-hydrogen) atoms. The number of nitrogens with one attached hydrogen (secondary N) is 2. The molecule has 0 fully saturated rings. The summed E-state index contributed by atoms with van der Waals surface area (Å²) in [5.74, 6) is -3.24. The zero-order valence-electron chi connectivity index (χ0n) is 15.9. The highest BCUT2D eigenvalue weighted by Crippen LogP contribution is 2.39. The van der Waals surface area contributed by atoms with Gasteiger partial charge in [-0.15, -0.1) is 0 Å². The van der Waals surface area contributed by atoms with Crippen LogP contribution in [0.2, 0.25) is 0 Å². The fourth-order valence-electron chi connectivity index (χ4n) is 3.51. The van der Waals surface area contributed by atoms with Gasteiger partial charge in [-0.1, -0.05) is 22.0 Å². The maximum atomic E-state index is 13.8. The van der Waals surface area contributed by atoms with Crippen molar-refractivity contribution in [1.82, 2.24) is 5.32 Å². The number of benzene rings is 3. The molecule has 1 aliphatic heterocycles. The predicted molar refractivity (Wildman–Crippen MR) is 109 cm³/mol. The highest BCUT2D eigenvalue weighted by atomic mass is 79.9. The van der Waals surface area contributed by atoms with Gasteiger partial charge in [0.2, 0.25) is 0 Å². The highest BCUT2D eigenvalue weighted by molar-refractivity contribution is 9.10. The van der Waals surface area contributed by atoms with Gasteiger partial charge in [0, 0.05) is 26.9 Å². The summed E-state index contributed by atoms with van der Waals surface area (Å²) < 4.78 is 67.0. The lowest BCUT2D eigenvalue weighted by molar-refractivity contribution is -0.137. The van der Waals surface area contributed by atoms with Gasteiger partial charge in [0.1, 0.15) is 11.6 Å². The van der Waals surface area contributed by atoms with Gasteiger partial charge >= 0.3 is 6.18 Å². The molecule has 0 aromatic heterocycles. The summed E-state index contributed by atoms with van der Waals surface area (Å²) in [7, 11) is 0. The smallest absolute Gasteiger partial charge is 0.341 e. The normalized spacial score (nSPS) is 15.3. The Bertz CT molecular complexity index is 1260. The number of halogens is 6. The molecule has 2 amide bonds. The minimum absolute atomic E-state index is 0.116. The summed E-state index contributed by atoms with van der Waals surface area (Å²) in [6.07, 6.45) is -4.84. The van der Waals surface area contributed by atoms with Crippen LogP contribution in [0.3, 0.4) is 0 Å². The maximum absolute atomic E-state index is 13.8. The standard InChI is InChI=1S/C22H12BrF5N2O2/c23-16-5-4-12(24)9-15(16)19-18-14(21(32)30-19)2-1-3-17(18)29-20(31)10-6-11(22(26,27)28)8-13(25)7-10/h1-9,19H,(H,29,31)(H,30,32). The largest absolute Gasteiger partial charge is 0.416 e. The predicted octanol–water partition coefficient (Wildman–Crippen LogP) is 5.83. The van der Waals surface area contributed by atoms with Crippen LogP contribution in [0, 0.1) is 11.6 Å². The summed E-state index contributed by atoms with van der Waals surface area (Å²) in [6, 6.07) is 8.98. The van der Waals surface area contributed by atoms with E-state index in [4.69, 9.17) is 0 Å². The fourth-order valence-corrected chi connectivity index (χ4v) is 3.99. The first kappa shape index (κ1) is 21.9. The first-order chi connectivity index (χ1) is 15.0.